The van der Waals surface area contributed by atoms with Crippen molar-refractivity contribution in [3.63, 3.8) is 0 Å². The fraction of sp³-hybridized carbons (Fsp3) is 0.353. The maximum atomic E-state index is 5.88. The molecule has 0 aliphatic heterocycles. The minimum absolute atomic E-state index is 0. The Morgan fingerprint density at radius 2 is 2.00 bits per heavy atom. The normalized spacial score (nSPS) is 18.8. The third kappa shape index (κ3) is 3.86. The lowest BCUT2D eigenvalue weighted by molar-refractivity contribution is 0.345. The topological polar surface area (TPSA) is 72.3 Å². The molecule has 1 aliphatic carbocycles. The first-order valence-corrected chi connectivity index (χ1v) is 7.90. The molecule has 0 amide bonds. The Balaban J connectivity index is 0.00000113. The number of halogens is 2. The number of nitrogens with zero attached hydrogens (tertiary/aromatic N) is 5. The SMILES string of the molecule is CN(Cc1cnc2ccccn12)c1cc(C2CC(N)C2)ncn1.Cl.Cl. The van der Waals surface area contributed by atoms with Gasteiger partial charge in [-0.25, -0.2) is 15.0 Å². The highest BCUT2D eigenvalue weighted by atomic mass is 35.5. The van der Waals surface area contributed by atoms with E-state index in [-0.39, 0.29) is 24.8 Å². The maximum absolute atomic E-state index is 5.88. The van der Waals surface area contributed by atoms with E-state index < -0.39 is 0 Å². The second-order valence-electron chi connectivity index (χ2n) is 6.26. The van der Waals surface area contributed by atoms with Crippen molar-refractivity contribution in [2.75, 3.05) is 11.9 Å². The van der Waals surface area contributed by atoms with Crippen LogP contribution in [0.2, 0.25) is 0 Å². The highest BCUT2D eigenvalue weighted by Gasteiger charge is 2.28. The molecule has 4 rings (SSSR count). The van der Waals surface area contributed by atoms with Gasteiger partial charge in [-0.3, -0.25) is 0 Å². The highest BCUT2D eigenvalue weighted by Crippen LogP contribution is 2.35. The van der Waals surface area contributed by atoms with E-state index in [2.05, 4.69) is 30.3 Å². The van der Waals surface area contributed by atoms with Gasteiger partial charge in [0.15, 0.2) is 0 Å². The molecule has 0 radical (unpaired) electrons. The third-order valence-corrected chi connectivity index (χ3v) is 4.55. The lowest BCUT2D eigenvalue weighted by atomic mass is 9.78. The monoisotopic (exact) mass is 380 g/mol. The van der Waals surface area contributed by atoms with E-state index in [9.17, 15) is 0 Å². The fourth-order valence-corrected chi connectivity index (χ4v) is 3.12. The molecule has 134 valence electrons. The van der Waals surface area contributed by atoms with Gasteiger partial charge in [0.1, 0.15) is 17.8 Å². The number of nitrogens with two attached hydrogens (primary N) is 1. The third-order valence-electron chi connectivity index (χ3n) is 4.55. The van der Waals surface area contributed by atoms with Crippen LogP contribution in [0.15, 0.2) is 43.0 Å². The van der Waals surface area contributed by atoms with Crippen LogP contribution in [0.3, 0.4) is 0 Å². The van der Waals surface area contributed by atoms with Crippen LogP contribution in [0.5, 0.6) is 0 Å². The van der Waals surface area contributed by atoms with Crippen LogP contribution in [-0.4, -0.2) is 32.4 Å². The molecule has 1 aliphatic rings. The Kier molecular flexibility index (Phi) is 6.21. The zero-order valence-electron chi connectivity index (χ0n) is 13.9. The average Bonchev–Trinajstić information content (AvgIpc) is 2.95. The van der Waals surface area contributed by atoms with E-state index in [4.69, 9.17) is 5.73 Å². The molecule has 8 heteroatoms. The minimum Gasteiger partial charge on any atom is -0.354 e. The van der Waals surface area contributed by atoms with Gasteiger partial charge in [0.25, 0.3) is 0 Å². The Hall–Kier alpha value is -1.89. The molecule has 6 nitrogen and oxygen atoms in total. The summed E-state index contributed by atoms with van der Waals surface area (Å²) in [5, 5.41) is 0. The molecular weight excluding hydrogens is 359 g/mol. The van der Waals surface area contributed by atoms with Gasteiger partial charge in [0.05, 0.1) is 18.4 Å². The molecule has 3 aromatic heterocycles. The molecule has 3 aromatic rings. The molecule has 25 heavy (non-hydrogen) atoms. The molecule has 3 heterocycles. The van der Waals surface area contributed by atoms with Crippen molar-refractivity contribution in [1.82, 2.24) is 19.4 Å². The Morgan fingerprint density at radius 3 is 2.76 bits per heavy atom. The van der Waals surface area contributed by atoms with Crippen molar-refractivity contribution < 1.29 is 0 Å². The second kappa shape index (κ2) is 7.99. The van der Waals surface area contributed by atoms with Crippen molar-refractivity contribution in [3.05, 3.63) is 54.4 Å². The summed E-state index contributed by atoms with van der Waals surface area (Å²) in [6, 6.07) is 8.43. The van der Waals surface area contributed by atoms with Crippen molar-refractivity contribution in [2.45, 2.75) is 31.3 Å². The van der Waals surface area contributed by atoms with Crippen LogP contribution >= 0.6 is 24.8 Å². The summed E-state index contributed by atoms with van der Waals surface area (Å²) in [4.78, 5) is 15.4. The molecule has 0 bridgehead atoms. The smallest absolute Gasteiger partial charge is 0.136 e. The van der Waals surface area contributed by atoms with Gasteiger partial charge in [0, 0.05) is 37.0 Å². The molecule has 1 saturated carbocycles. The van der Waals surface area contributed by atoms with E-state index in [0.717, 1.165) is 42.2 Å². The molecule has 0 aromatic carbocycles. The van der Waals surface area contributed by atoms with Crippen LogP contribution < -0.4 is 10.6 Å². The van der Waals surface area contributed by atoms with E-state index >= 15 is 0 Å². The number of pyridine rings is 1. The van der Waals surface area contributed by atoms with Crippen LogP contribution in [0, 0.1) is 0 Å². The quantitative estimate of drug-likeness (QED) is 0.753. The van der Waals surface area contributed by atoms with Gasteiger partial charge < -0.3 is 15.0 Å². The van der Waals surface area contributed by atoms with Crippen LogP contribution in [0.1, 0.15) is 30.1 Å². The van der Waals surface area contributed by atoms with Crippen molar-refractivity contribution in [1.29, 1.82) is 0 Å². The molecule has 0 atom stereocenters. The fourth-order valence-electron chi connectivity index (χ4n) is 3.12. The molecule has 0 saturated heterocycles. The summed E-state index contributed by atoms with van der Waals surface area (Å²) >= 11 is 0. The number of hydrogen-bond donors (Lipinski definition) is 1. The summed E-state index contributed by atoms with van der Waals surface area (Å²) in [5.74, 6) is 1.41. The minimum atomic E-state index is 0. The summed E-state index contributed by atoms with van der Waals surface area (Å²) < 4.78 is 2.10. The first kappa shape index (κ1) is 19.4. The largest absolute Gasteiger partial charge is 0.354 e. The van der Waals surface area contributed by atoms with E-state index in [1.807, 2.05) is 37.6 Å². The number of anilines is 1. The van der Waals surface area contributed by atoms with Crippen LogP contribution in [0.4, 0.5) is 5.82 Å². The first-order valence-electron chi connectivity index (χ1n) is 7.90. The van der Waals surface area contributed by atoms with Gasteiger partial charge in [-0.1, -0.05) is 6.07 Å². The summed E-state index contributed by atoms with van der Waals surface area (Å²) in [7, 11) is 2.04. The van der Waals surface area contributed by atoms with Crippen LogP contribution in [0.25, 0.3) is 5.65 Å². The number of aromatic nitrogens is 4. The van der Waals surface area contributed by atoms with Crippen molar-refractivity contribution >= 4 is 36.3 Å². The van der Waals surface area contributed by atoms with Gasteiger partial charge in [-0.05, 0) is 25.0 Å². The van der Waals surface area contributed by atoms with Crippen molar-refractivity contribution in [3.8, 4) is 0 Å². The van der Waals surface area contributed by atoms with Crippen molar-refractivity contribution in [2.24, 2.45) is 5.73 Å². The van der Waals surface area contributed by atoms with E-state index in [0.29, 0.717) is 12.0 Å². The second-order valence-corrected chi connectivity index (χ2v) is 6.26. The van der Waals surface area contributed by atoms with E-state index in [1.165, 1.54) is 0 Å². The van der Waals surface area contributed by atoms with E-state index in [1.54, 1.807) is 6.33 Å². The predicted octanol–water partition coefficient (Wildman–Crippen LogP) is 2.81. The highest BCUT2D eigenvalue weighted by molar-refractivity contribution is 5.85. The zero-order chi connectivity index (χ0) is 15.8. The lowest BCUT2D eigenvalue weighted by Gasteiger charge is -2.32. The van der Waals surface area contributed by atoms with Crippen LogP contribution in [-0.2, 0) is 6.54 Å². The molecule has 1 fully saturated rings. The van der Waals surface area contributed by atoms with Gasteiger partial charge in [-0.15, -0.1) is 24.8 Å². The standard InChI is InChI=1S/C17H20N6.2ClH/c1-22(10-14-9-19-16-4-2-3-5-23(14)16)17-8-15(20-11-21-17)12-6-13(18)7-12;;/h2-5,8-9,11-13H,6-7,10,18H2,1H3;2*1H. The Bertz CT molecular complexity index is 831. The number of imidazole rings is 1. The number of hydrogen-bond acceptors (Lipinski definition) is 5. The number of rotatable bonds is 4. The average molecular weight is 381 g/mol. The van der Waals surface area contributed by atoms with Gasteiger partial charge >= 0.3 is 0 Å². The molecular formula is C17H22Cl2N6. The molecule has 0 unspecified atom stereocenters. The molecule has 2 N–H and O–H groups in total. The predicted molar refractivity (Wildman–Crippen MR) is 104 cm³/mol. The summed E-state index contributed by atoms with van der Waals surface area (Å²) in [6.45, 7) is 0.742. The zero-order valence-corrected chi connectivity index (χ0v) is 15.6. The summed E-state index contributed by atoms with van der Waals surface area (Å²) in [5.41, 5.74) is 9.08. The van der Waals surface area contributed by atoms with Gasteiger partial charge in [0.2, 0.25) is 0 Å². The summed E-state index contributed by atoms with van der Waals surface area (Å²) in [6.07, 6.45) is 7.64. The first-order chi connectivity index (χ1) is 11.2. The number of fused-ring (bicyclic) bond motifs is 1. The Labute approximate surface area is 159 Å². The molecule has 0 spiro atoms. The Morgan fingerprint density at radius 1 is 1.20 bits per heavy atom. The maximum Gasteiger partial charge on any atom is 0.136 e. The van der Waals surface area contributed by atoms with Gasteiger partial charge in [-0.2, -0.15) is 0 Å². The lowest BCUT2D eigenvalue weighted by Crippen LogP contribution is -2.35.